The zero-order valence-corrected chi connectivity index (χ0v) is 23.3. The van der Waals surface area contributed by atoms with Gasteiger partial charge in [0.15, 0.2) is 0 Å². The highest BCUT2D eigenvalue weighted by atomic mass is 16.4. The van der Waals surface area contributed by atoms with E-state index in [1.165, 1.54) is 0 Å². The molecule has 5 unspecified atom stereocenters. The molecule has 9 N–H and O–H groups in total. The zero-order valence-electron chi connectivity index (χ0n) is 23.3. The molecule has 3 amide bonds. The minimum Gasteiger partial charge on any atom is -0.480 e. The first-order valence-electron chi connectivity index (χ1n) is 13.6. The molecule has 0 aliphatic carbocycles. The molecule has 0 radical (unpaired) electrons. The average Bonchev–Trinajstić information content (AvgIpc) is 3.32. The van der Waals surface area contributed by atoms with Gasteiger partial charge in [-0.2, -0.15) is 0 Å². The number of unbranched alkanes of at least 4 members (excludes halogenated alkanes) is 1. The largest absolute Gasteiger partial charge is 0.480 e. The van der Waals surface area contributed by atoms with Crippen LogP contribution in [0, 0.1) is 11.8 Å². The number of carboxylic acid groups (broad SMARTS) is 1. The van der Waals surface area contributed by atoms with Crippen molar-refractivity contribution in [2.75, 3.05) is 6.54 Å². The van der Waals surface area contributed by atoms with E-state index in [1.54, 1.807) is 6.20 Å². The second-order valence-electron chi connectivity index (χ2n) is 10.5. The van der Waals surface area contributed by atoms with Gasteiger partial charge in [0.25, 0.3) is 0 Å². The number of H-pyrrole nitrogens is 1. The molecule has 0 spiro atoms. The Bertz CT molecular complexity index is 1120. The molecule has 11 heteroatoms. The number of fused-ring (bicyclic) bond motifs is 1. The number of hydrogen-bond acceptors (Lipinski definition) is 6. The van der Waals surface area contributed by atoms with Gasteiger partial charge in [0, 0.05) is 23.5 Å². The third-order valence-electron chi connectivity index (χ3n) is 7.11. The third-order valence-corrected chi connectivity index (χ3v) is 7.11. The van der Waals surface area contributed by atoms with E-state index in [1.807, 2.05) is 52.0 Å². The van der Waals surface area contributed by atoms with Crippen molar-refractivity contribution in [2.45, 2.75) is 84.0 Å². The lowest BCUT2D eigenvalue weighted by atomic mass is 9.96. The fourth-order valence-electron chi connectivity index (χ4n) is 4.27. The van der Waals surface area contributed by atoms with Crippen LogP contribution in [0.15, 0.2) is 30.5 Å². The Kier molecular flexibility index (Phi) is 12.4. The third kappa shape index (κ3) is 9.07. The number of nitrogens with one attached hydrogen (secondary N) is 4. The molecule has 216 valence electrons. The molecule has 2 rings (SSSR count). The number of benzene rings is 1. The van der Waals surface area contributed by atoms with Crippen LogP contribution in [0.25, 0.3) is 10.9 Å². The van der Waals surface area contributed by atoms with Crippen molar-refractivity contribution >= 4 is 34.6 Å². The standard InChI is InChI=1S/C28H44N6O5/c1-5-17(4)24(34-26(36)23(30)16(2)3)27(37)32-21(12-8-9-13-29)25(35)33-22(28(38)39)14-18-15-31-20-11-7-6-10-19(18)20/h6-7,10-11,15-17,21-24,31H,5,8-9,12-14,29-30H2,1-4H3,(H,32,37)(H,33,35)(H,34,36)(H,38,39). The first-order chi connectivity index (χ1) is 18.5. The molecule has 1 aromatic heterocycles. The molecule has 0 saturated heterocycles. The lowest BCUT2D eigenvalue weighted by Gasteiger charge is -2.28. The fourth-order valence-corrected chi connectivity index (χ4v) is 4.27. The molecule has 0 aliphatic rings. The van der Waals surface area contributed by atoms with Gasteiger partial charge in [0.2, 0.25) is 17.7 Å². The Morgan fingerprint density at radius 3 is 2.23 bits per heavy atom. The summed E-state index contributed by atoms with van der Waals surface area (Å²) >= 11 is 0. The van der Waals surface area contributed by atoms with Gasteiger partial charge >= 0.3 is 5.97 Å². The predicted octanol–water partition coefficient (Wildman–Crippen LogP) is 1.41. The molecule has 0 saturated carbocycles. The number of carbonyl (C=O) groups is 4. The van der Waals surface area contributed by atoms with Gasteiger partial charge in [-0.05, 0) is 49.3 Å². The predicted molar refractivity (Wildman–Crippen MR) is 151 cm³/mol. The molecular formula is C28H44N6O5. The molecule has 0 aliphatic heterocycles. The SMILES string of the molecule is CCC(C)C(NC(=O)C(N)C(C)C)C(=O)NC(CCCCN)C(=O)NC(Cc1c[nH]c2ccccc12)C(=O)O. The molecular weight excluding hydrogens is 500 g/mol. The van der Waals surface area contributed by atoms with Crippen molar-refractivity contribution in [3.8, 4) is 0 Å². The van der Waals surface area contributed by atoms with Crippen molar-refractivity contribution in [2.24, 2.45) is 23.3 Å². The zero-order chi connectivity index (χ0) is 29.1. The van der Waals surface area contributed by atoms with Crippen molar-refractivity contribution in [1.82, 2.24) is 20.9 Å². The van der Waals surface area contributed by atoms with Gasteiger partial charge in [-0.1, -0.05) is 52.3 Å². The summed E-state index contributed by atoms with van der Waals surface area (Å²) in [7, 11) is 0. The van der Waals surface area contributed by atoms with Crippen LogP contribution in [0.1, 0.15) is 58.9 Å². The molecule has 0 fully saturated rings. The summed E-state index contributed by atoms with van der Waals surface area (Å²) in [6, 6.07) is 3.60. The van der Waals surface area contributed by atoms with E-state index in [4.69, 9.17) is 11.5 Å². The normalized spacial score (nSPS) is 15.3. The maximum absolute atomic E-state index is 13.3. The van der Waals surface area contributed by atoms with Crippen LogP contribution < -0.4 is 27.4 Å². The number of carbonyl (C=O) groups excluding carboxylic acids is 3. The van der Waals surface area contributed by atoms with Gasteiger partial charge < -0.3 is 37.5 Å². The van der Waals surface area contributed by atoms with E-state index >= 15 is 0 Å². The molecule has 2 aromatic rings. The highest BCUT2D eigenvalue weighted by Crippen LogP contribution is 2.19. The Hall–Kier alpha value is -3.44. The van der Waals surface area contributed by atoms with E-state index < -0.39 is 47.9 Å². The van der Waals surface area contributed by atoms with E-state index in [9.17, 15) is 24.3 Å². The molecule has 39 heavy (non-hydrogen) atoms. The molecule has 5 atom stereocenters. The van der Waals surface area contributed by atoms with Crippen LogP contribution in [0.4, 0.5) is 0 Å². The number of rotatable bonds is 16. The number of aromatic amines is 1. The number of aliphatic carboxylic acids is 1. The first kappa shape index (κ1) is 31.8. The second-order valence-corrected chi connectivity index (χ2v) is 10.5. The summed E-state index contributed by atoms with van der Waals surface area (Å²) in [5, 5.41) is 18.8. The van der Waals surface area contributed by atoms with Crippen molar-refractivity contribution in [3.05, 3.63) is 36.0 Å². The lowest BCUT2D eigenvalue weighted by Crippen LogP contribution is -2.59. The average molecular weight is 545 g/mol. The van der Waals surface area contributed by atoms with Crippen LogP contribution in [-0.2, 0) is 25.6 Å². The maximum Gasteiger partial charge on any atom is 0.326 e. The molecule has 11 nitrogen and oxygen atoms in total. The van der Waals surface area contributed by atoms with Crippen molar-refractivity contribution < 1.29 is 24.3 Å². The van der Waals surface area contributed by atoms with Gasteiger partial charge in [-0.25, -0.2) is 4.79 Å². The summed E-state index contributed by atoms with van der Waals surface area (Å²) < 4.78 is 0. The summed E-state index contributed by atoms with van der Waals surface area (Å²) in [4.78, 5) is 54.5. The van der Waals surface area contributed by atoms with Crippen LogP contribution in [0.5, 0.6) is 0 Å². The van der Waals surface area contributed by atoms with Crippen LogP contribution >= 0.6 is 0 Å². The van der Waals surface area contributed by atoms with Crippen LogP contribution in [0.2, 0.25) is 0 Å². The summed E-state index contributed by atoms with van der Waals surface area (Å²) in [6.45, 7) is 7.77. The number of amides is 3. The second kappa shape index (κ2) is 15.2. The van der Waals surface area contributed by atoms with Crippen molar-refractivity contribution in [3.63, 3.8) is 0 Å². The molecule has 0 bridgehead atoms. The number of para-hydroxylation sites is 1. The van der Waals surface area contributed by atoms with E-state index in [-0.39, 0.29) is 24.7 Å². The van der Waals surface area contributed by atoms with Gasteiger partial charge in [-0.3, -0.25) is 14.4 Å². The monoisotopic (exact) mass is 544 g/mol. The summed E-state index contributed by atoms with van der Waals surface area (Å²) in [6.07, 6.45) is 3.84. The quantitative estimate of drug-likeness (QED) is 0.155. The van der Waals surface area contributed by atoms with Gasteiger partial charge in [0.05, 0.1) is 6.04 Å². The Balaban J connectivity index is 2.21. The van der Waals surface area contributed by atoms with Crippen LogP contribution in [0.3, 0.4) is 0 Å². The molecule has 1 aromatic carbocycles. The van der Waals surface area contributed by atoms with E-state index in [0.717, 1.165) is 16.5 Å². The van der Waals surface area contributed by atoms with E-state index in [0.29, 0.717) is 25.8 Å². The maximum atomic E-state index is 13.3. The minimum absolute atomic E-state index is 0.0627. The topological polar surface area (TPSA) is 192 Å². The molecule has 1 heterocycles. The van der Waals surface area contributed by atoms with Gasteiger partial charge in [0.1, 0.15) is 18.1 Å². The van der Waals surface area contributed by atoms with Crippen molar-refractivity contribution in [1.29, 1.82) is 0 Å². The Morgan fingerprint density at radius 1 is 0.949 bits per heavy atom. The highest BCUT2D eigenvalue weighted by Gasteiger charge is 2.33. The fraction of sp³-hybridized carbons (Fsp3) is 0.571. The minimum atomic E-state index is -1.21. The Morgan fingerprint density at radius 2 is 1.62 bits per heavy atom. The highest BCUT2D eigenvalue weighted by molar-refractivity contribution is 5.94. The Labute approximate surface area is 229 Å². The summed E-state index contributed by atoms with van der Waals surface area (Å²) in [5.74, 6) is -3.11. The number of hydrogen-bond donors (Lipinski definition) is 7. The number of carboxylic acids is 1. The lowest BCUT2D eigenvalue weighted by molar-refractivity contribution is -0.142. The van der Waals surface area contributed by atoms with E-state index in [2.05, 4.69) is 20.9 Å². The number of nitrogens with two attached hydrogens (primary N) is 2. The first-order valence-corrected chi connectivity index (χ1v) is 13.6. The smallest absolute Gasteiger partial charge is 0.326 e. The summed E-state index contributed by atoms with van der Waals surface area (Å²) in [5.41, 5.74) is 13.2. The van der Waals surface area contributed by atoms with Gasteiger partial charge in [-0.15, -0.1) is 0 Å². The number of aromatic nitrogens is 1. The van der Waals surface area contributed by atoms with Crippen LogP contribution in [-0.4, -0.2) is 64.5 Å².